The third-order valence-electron chi connectivity index (χ3n) is 5.20. The van der Waals surface area contributed by atoms with Gasteiger partial charge in [-0.25, -0.2) is 4.98 Å². The number of aromatic nitrogens is 1. The quantitative estimate of drug-likeness (QED) is 0.686. The molecule has 1 aliphatic rings. The Kier molecular flexibility index (Phi) is 6.11. The Balaban J connectivity index is 1.52. The van der Waals surface area contributed by atoms with Crippen molar-refractivity contribution in [2.45, 2.75) is 19.9 Å². The Morgan fingerprint density at radius 1 is 1.10 bits per heavy atom. The molecule has 0 bridgehead atoms. The number of fused-ring (bicyclic) bond motifs is 1. The molecule has 1 fully saturated rings. The molecule has 0 aliphatic carbocycles. The molecule has 0 saturated carbocycles. The molecule has 1 aromatic carbocycles. The number of nitrogens with zero attached hydrogens (tertiary/aromatic N) is 3. The first-order valence-electron chi connectivity index (χ1n) is 10.3. The Labute approximate surface area is 180 Å². The van der Waals surface area contributed by atoms with Crippen LogP contribution in [0.4, 0.5) is 0 Å². The second-order valence-electron chi connectivity index (χ2n) is 7.84. The summed E-state index contributed by atoms with van der Waals surface area (Å²) in [6.45, 7) is 6.89. The summed E-state index contributed by atoms with van der Waals surface area (Å²) in [7, 11) is 0. The number of nitrogens with one attached hydrogen (secondary N) is 1. The monoisotopic (exact) mass is 422 g/mol. The van der Waals surface area contributed by atoms with E-state index < -0.39 is 0 Å². The van der Waals surface area contributed by atoms with E-state index >= 15 is 0 Å². The fourth-order valence-corrected chi connectivity index (χ4v) is 4.44. The van der Waals surface area contributed by atoms with Crippen LogP contribution in [0.3, 0.4) is 0 Å². The van der Waals surface area contributed by atoms with Gasteiger partial charge in [-0.1, -0.05) is 24.3 Å². The maximum Gasteiger partial charge on any atom is 0.254 e. The van der Waals surface area contributed by atoms with E-state index in [2.05, 4.69) is 10.2 Å². The van der Waals surface area contributed by atoms with Gasteiger partial charge in [-0.15, -0.1) is 11.3 Å². The summed E-state index contributed by atoms with van der Waals surface area (Å²) in [4.78, 5) is 35.2. The highest BCUT2D eigenvalue weighted by molar-refractivity contribution is 7.13. The number of hydrogen-bond acceptors (Lipinski definition) is 5. The van der Waals surface area contributed by atoms with Crippen molar-refractivity contribution >= 4 is 34.1 Å². The van der Waals surface area contributed by atoms with Gasteiger partial charge in [0.25, 0.3) is 5.91 Å². The number of benzene rings is 1. The highest BCUT2D eigenvalue weighted by Gasteiger charge is 2.25. The van der Waals surface area contributed by atoms with Gasteiger partial charge in [-0.3, -0.25) is 14.5 Å². The number of amides is 2. The summed E-state index contributed by atoms with van der Waals surface area (Å²) in [6, 6.07) is 13.9. The lowest BCUT2D eigenvalue weighted by molar-refractivity contribution is -0.123. The largest absolute Gasteiger partial charge is 0.353 e. The first-order valence-corrected chi connectivity index (χ1v) is 11.1. The third-order valence-corrected chi connectivity index (χ3v) is 6.09. The summed E-state index contributed by atoms with van der Waals surface area (Å²) in [6.07, 6.45) is 0. The van der Waals surface area contributed by atoms with E-state index in [0.717, 1.165) is 21.5 Å². The molecule has 0 spiro atoms. The molecule has 4 rings (SSSR count). The minimum atomic E-state index is 0.0256. The molecule has 1 N–H and O–H groups in total. The molecule has 2 amide bonds. The van der Waals surface area contributed by atoms with E-state index in [1.54, 1.807) is 11.3 Å². The number of pyridine rings is 1. The molecule has 6 nitrogen and oxygen atoms in total. The van der Waals surface area contributed by atoms with Gasteiger partial charge in [0.15, 0.2) is 0 Å². The van der Waals surface area contributed by atoms with Crippen molar-refractivity contribution in [1.82, 2.24) is 20.1 Å². The van der Waals surface area contributed by atoms with E-state index in [4.69, 9.17) is 4.98 Å². The van der Waals surface area contributed by atoms with Gasteiger partial charge in [0.05, 0.1) is 28.2 Å². The van der Waals surface area contributed by atoms with E-state index in [9.17, 15) is 9.59 Å². The number of para-hydroxylation sites is 1. The minimum Gasteiger partial charge on any atom is -0.353 e. The maximum atomic E-state index is 13.4. The molecule has 3 heterocycles. The average Bonchev–Trinajstić information content (AvgIpc) is 3.27. The summed E-state index contributed by atoms with van der Waals surface area (Å²) in [5.74, 6) is 0.0585. The summed E-state index contributed by atoms with van der Waals surface area (Å²) in [5.41, 5.74) is 2.35. The second-order valence-corrected chi connectivity index (χ2v) is 8.79. The van der Waals surface area contributed by atoms with Crippen LogP contribution in [0.1, 0.15) is 24.2 Å². The lowest BCUT2D eigenvalue weighted by Crippen LogP contribution is -2.51. The summed E-state index contributed by atoms with van der Waals surface area (Å²) < 4.78 is 0. The van der Waals surface area contributed by atoms with Crippen molar-refractivity contribution < 1.29 is 9.59 Å². The minimum absolute atomic E-state index is 0.0256. The number of hydrogen-bond donors (Lipinski definition) is 1. The van der Waals surface area contributed by atoms with E-state index in [1.807, 2.05) is 66.6 Å². The molecular formula is C23H26N4O2S. The number of thiophene rings is 1. The van der Waals surface area contributed by atoms with Gasteiger partial charge in [-0.05, 0) is 37.4 Å². The zero-order valence-corrected chi connectivity index (χ0v) is 18.1. The molecule has 0 atom stereocenters. The average molecular weight is 423 g/mol. The lowest BCUT2D eigenvalue weighted by atomic mass is 10.1. The SMILES string of the molecule is CC(C)NC(=O)CN1CCN(C(=O)c2cc(-c3cccs3)nc3ccccc23)CC1. The number of carbonyl (C=O) groups excluding carboxylic acids is 2. The Hall–Kier alpha value is -2.77. The van der Waals surface area contributed by atoms with Crippen LogP contribution in [-0.2, 0) is 4.79 Å². The predicted molar refractivity (Wildman–Crippen MR) is 121 cm³/mol. The van der Waals surface area contributed by atoms with Crippen LogP contribution < -0.4 is 5.32 Å². The smallest absolute Gasteiger partial charge is 0.254 e. The number of piperazine rings is 1. The van der Waals surface area contributed by atoms with Crippen molar-refractivity contribution in [3.05, 3.63) is 53.4 Å². The van der Waals surface area contributed by atoms with Gasteiger partial charge < -0.3 is 10.2 Å². The molecule has 0 radical (unpaired) electrons. The highest BCUT2D eigenvalue weighted by Crippen LogP contribution is 2.28. The molecule has 2 aromatic heterocycles. The van der Waals surface area contributed by atoms with Crippen molar-refractivity contribution in [2.24, 2.45) is 0 Å². The zero-order valence-electron chi connectivity index (χ0n) is 17.3. The van der Waals surface area contributed by atoms with Gasteiger partial charge >= 0.3 is 0 Å². The van der Waals surface area contributed by atoms with Crippen LogP contribution in [0, 0.1) is 0 Å². The van der Waals surface area contributed by atoms with Gasteiger partial charge in [0.1, 0.15) is 0 Å². The highest BCUT2D eigenvalue weighted by atomic mass is 32.1. The van der Waals surface area contributed by atoms with Gasteiger partial charge in [0, 0.05) is 37.6 Å². The molecule has 0 unspecified atom stereocenters. The fourth-order valence-electron chi connectivity index (χ4n) is 3.75. The van der Waals surface area contributed by atoms with Crippen molar-refractivity contribution in [2.75, 3.05) is 32.7 Å². The number of carbonyl (C=O) groups is 2. The molecule has 1 aliphatic heterocycles. The van der Waals surface area contributed by atoms with Crippen LogP contribution in [0.15, 0.2) is 47.8 Å². The van der Waals surface area contributed by atoms with Gasteiger partial charge in [-0.2, -0.15) is 0 Å². The third kappa shape index (κ3) is 4.52. The van der Waals surface area contributed by atoms with Crippen molar-refractivity contribution in [3.8, 4) is 10.6 Å². The first-order chi connectivity index (χ1) is 14.5. The zero-order chi connectivity index (χ0) is 21.1. The van der Waals surface area contributed by atoms with Crippen LogP contribution >= 0.6 is 11.3 Å². The Morgan fingerprint density at radius 3 is 2.57 bits per heavy atom. The van der Waals surface area contributed by atoms with Crippen LogP contribution in [0.2, 0.25) is 0 Å². The predicted octanol–water partition coefficient (Wildman–Crippen LogP) is 3.25. The lowest BCUT2D eigenvalue weighted by Gasteiger charge is -2.34. The molecule has 30 heavy (non-hydrogen) atoms. The standard InChI is InChI=1S/C23H26N4O2S/c1-16(2)24-22(28)15-26-9-11-27(12-10-26)23(29)18-14-20(21-8-5-13-30-21)25-19-7-4-3-6-17(18)19/h3-8,13-14,16H,9-12,15H2,1-2H3,(H,24,28). The molecule has 3 aromatic rings. The molecule has 7 heteroatoms. The molecule has 1 saturated heterocycles. The van der Waals surface area contributed by atoms with Crippen molar-refractivity contribution in [1.29, 1.82) is 0 Å². The second kappa shape index (κ2) is 8.93. The number of rotatable bonds is 5. The van der Waals surface area contributed by atoms with Gasteiger partial charge in [0.2, 0.25) is 5.91 Å². The normalized spacial score (nSPS) is 15.0. The Bertz CT molecular complexity index is 1040. The van der Waals surface area contributed by atoms with Crippen molar-refractivity contribution in [3.63, 3.8) is 0 Å². The topological polar surface area (TPSA) is 65.5 Å². The first kappa shape index (κ1) is 20.5. The van der Waals surface area contributed by atoms with Crippen LogP contribution in [0.5, 0.6) is 0 Å². The Morgan fingerprint density at radius 2 is 1.87 bits per heavy atom. The molecular weight excluding hydrogens is 396 g/mol. The van der Waals surface area contributed by atoms with E-state index in [1.165, 1.54) is 0 Å². The summed E-state index contributed by atoms with van der Waals surface area (Å²) >= 11 is 1.62. The van der Waals surface area contributed by atoms with E-state index in [0.29, 0.717) is 38.3 Å². The fraction of sp³-hybridized carbons (Fsp3) is 0.348. The van der Waals surface area contributed by atoms with Crippen LogP contribution in [-0.4, -0.2) is 65.4 Å². The van der Waals surface area contributed by atoms with E-state index in [-0.39, 0.29) is 17.9 Å². The van der Waals surface area contributed by atoms with Crippen LogP contribution in [0.25, 0.3) is 21.5 Å². The summed E-state index contributed by atoms with van der Waals surface area (Å²) in [5, 5.41) is 5.82. The maximum absolute atomic E-state index is 13.4. The molecule has 156 valence electrons.